The Balaban J connectivity index is 1.73. The third-order valence-electron chi connectivity index (χ3n) is 4.73. The summed E-state index contributed by atoms with van der Waals surface area (Å²) in [6.07, 6.45) is 0.770. The van der Waals surface area contributed by atoms with Crippen molar-refractivity contribution < 1.29 is 28.2 Å². The molecule has 0 aromatic heterocycles. The van der Waals surface area contributed by atoms with E-state index in [4.69, 9.17) is 9.47 Å². The van der Waals surface area contributed by atoms with Crippen molar-refractivity contribution >= 4 is 23.3 Å². The molecule has 2 aromatic rings. The van der Waals surface area contributed by atoms with Crippen molar-refractivity contribution in [2.24, 2.45) is 0 Å². The summed E-state index contributed by atoms with van der Waals surface area (Å²) in [6, 6.07) is 10.0. The van der Waals surface area contributed by atoms with Gasteiger partial charge in [-0.15, -0.1) is 0 Å². The number of benzene rings is 2. The molecule has 30 heavy (non-hydrogen) atoms. The molecule has 0 bridgehead atoms. The number of rotatable bonds is 8. The lowest BCUT2D eigenvalue weighted by Gasteiger charge is -2.29. The standard InChI is InChI=1S/C22H23FN2O5/c1-3-14(2)24-21(27)11-25-18-10-15(4-9-20(18)30-13-22(25)28)19(26)12-29-17-7-5-16(23)6-8-17/h4-10,14H,3,11-13H2,1-2H3,(H,24,27). The number of carbonyl (C=O) groups excluding carboxylic acids is 3. The lowest BCUT2D eigenvalue weighted by atomic mass is 10.1. The van der Waals surface area contributed by atoms with Crippen LogP contribution in [0.4, 0.5) is 10.1 Å². The van der Waals surface area contributed by atoms with E-state index in [1.165, 1.54) is 35.2 Å². The number of amides is 2. The van der Waals surface area contributed by atoms with Crippen molar-refractivity contribution in [1.82, 2.24) is 5.32 Å². The van der Waals surface area contributed by atoms with Gasteiger partial charge in [-0.05, 0) is 55.8 Å². The Kier molecular flexibility index (Phi) is 6.66. The van der Waals surface area contributed by atoms with Crippen LogP contribution in [-0.2, 0) is 9.59 Å². The Morgan fingerprint density at radius 1 is 1.23 bits per heavy atom. The summed E-state index contributed by atoms with van der Waals surface area (Å²) in [6.45, 7) is 3.23. The van der Waals surface area contributed by atoms with E-state index in [0.29, 0.717) is 22.7 Å². The molecule has 158 valence electrons. The molecule has 1 aliphatic heterocycles. The molecule has 0 saturated heterocycles. The average Bonchev–Trinajstić information content (AvgIpc) is 2.74. The van der Waals surface area contributed by atoms with E-state index in [1.54, 1.807) is 12.1 Å². The second-order valence-electron chi connectivity index (χ2n) is 6.99. The predicted molar refractivity (Wildman–Crippen MR) is 108 cm³/mol. The van der Waals surface area contributed by atoms with Gasteiger partial charge in [-0.1, -0.05) is 6.92 Å². The zero-order chi connectivity index (χ0) is 21.7. The van der Waals surface area contributed by atoms with Gasteiger partial charge in [0.1, 0.15) is 23.9 Å². The number of hydrogen-bond acceptors (Lipinski definition) is 5. The van der Waals surface area contributed by atoms with Crippen LogP contribution < -0.4 is 19.7 Å². The van der Waals surface area contributed by atoms with E-state index in [-0.39, 0.29) is 43.4 Å². The molecule has 8 heteroatoms. The highest BCUT2D eigenvalue weighted by Crippen LogP contribution is 2.33. The molecular formula is C22H23FN2O5. The number of anilines is 1. The Morgan fingerprint density at radius 2 is 1.97 bits per heavy atom. The van der Waals surface area contributed by atoms with E-state index in [1.807, 2.05) is 13.8 Å². The van der Waals surface area contributed by atoms with Crippen LogP contribution >= 0.6 is 0 Å². The Morgan fingerprint density at radius 3 is 2.67 bits per heavy atom. The first-order valence-electron chi connectivity index (χ1n) is 9.65. The molecule has 1 unspecified atom stereocenters. The maximum absolute atomic E-state index is 13.0. The fourth-order valence-corrected chi connectivity index (χ4v) is 2.88. The molecule has 1 heterocycles. The Labute approximate surface area is 173 Å². The van der Waals surface area contributed by atoms with E-state index in [2.05, 4.69) is 5.32 Å². The molecule has 0 spiro atoms. The van der Waals surface area contributed by atoms with E-state index >= 15 is 0 Å². The molecule has 1 N–H and O–H groups in total. The van der Waals surface area contributed by atoms with Crippen molar-refractivity contribution in [3.8, 4) is 11.5 Å². The first kappa shape index (κ1) is 21.3. The number of fused-ring (bicyclic) bond motifs is 1. The monoisotopic (exact) mass is 414 g/mol. The number of ether oxygens (including phenoxy) is 2. The van der Waals surface area contributed by atoms with Crippen molar-refractivity contribution in [1.29, 1.82) is 0 Å². The van der Waals surface area contributed by atoms with Crippen LogP contribution in [0, 0.1) is 5.82 Å². The normalized spacial score (nSPS) is 13.8. The average molecular weight is 414 g/mol. The molecule has 7 nitrogen and oxygen atoms in total. The number of nitrogens with one attached hydrogen (secondary N) is 1. The van der Waals surface area contributed by atoms with Gasteiger partial charge in [0.05, 0.1) is 5.69 Å². The van der Waals surface area contributed by atoms with Gasteiger partial charge in [-0.3, -0.25) is 19.3 Å². The van der Waals surface area contributed by atoms with Gasteiger partial charge in [0.15, 0.2) is 19.0 Å². The maximum atomic E-state index is 13.0. The van der Waals surface area contributed by atoms with E-state index < -0.39 is 5.82 Å². The van der Waals surface area contributed by atoms with Gasteiger partial charge < -0.3 is 14.8 Å². The number of carbonyl (C=O) groups is 3. The number of Topliss-reactive ketones (excluding diaryl/α,β-unsaturated/α-hetero) is 1. The highest BCUT2D eigenvalue weighted by Gasteiger charge is 2.28. The third kappa shape index (κ3) is 5.14. The molecule has 1 aliphatic rings. The van der Waals surface area contributed by atoms with Crippen LogP contribution in [0.2, 0.25) is 0 Å². The first-order chi connectivity index (χ1) is 14.4. The topological polar surface area (TPSA) is 84.9 Å². The van der Waals surface area contributed by atoms with Gasteiger partial charge in [0.25, 0.3) is 5.91 Å². The third-order valence-corrected chi connectivity index (χ3v) is 4.73. The van der Waals surface area contributed by atoms with Gasteiger partial charge in [-0.25, -0.2) is 4.39 Å². The van der Waals surface area contributed by atoms with Crippen molar-refractivity contribution in [2.75, 3.05) is 24.7 Å². The second kappa shape index (κ2) is 9.39. The van der Waals surface area contributed by atoms with Crippen molar-refractivity contribution in [3.05, 3.63) is 53.8 Å². The zero-order valence-corrected chi connectivity index (χ0v) is 16.8. The highest BCUT2D eigenvalue weighted by molar-refractivity contribution is 6.04. The summed E-state index contributed by atoms with van der Waals surface area (Å²) in [7, 11) is 0. The number of nitrogens with zero attached hydrogens (tertiary/aromatic N) is 1. The molecule has 0 radical (unpaired) electrons. The SMILES string of the molecule is CCC(C)NC(=O)CN1C(=O)COc2ccc(C(=O)COc3ccc(F)cc3)cc21. The minimum Gasteiger partial charge on any atom is -0.485 e. The van der Waals surface area contributed by atoms with Gasteiger partial charge in [-0.2, -0.15) is 0 Å². The molecule has 2 amide bonds. The molecule has 3 rings (SSSR count). The number of ketones is 1. The van der Waals surface area contributed by atoms with Crippen molar-refractivity contribution in [2.45, 2.75) is 26.3 Å². The molecule has 1 atom stereocenters. The quantitative estimate of drug-likeness (QED) is 0.672. The van der Waals surface area contributed by atoms with Crippen LogP contribution in [0.15, 0.2) is 42.5 Å². The number of halogens is 1. The molecule has 0 saturated carbocycles. The first-order valence-corrected chi connectivity index (χ1v) is 9.65. The summed E-state index contributed by atoms with van der Waals surface area (Å²) in [5.74, 6) is -0.600. The van der Waals surface area contributed by atoms with Crippen LogP contribution in [0.1, 0.15) is 30.6 Å². The van der Waals surface area contributed by atoms with Gasteiger partial charge in [0.2, 0.25) is 5.91 Å². The fourth-order valence-electron chi connectivity index (χ4n) is 2.88. The van der Waals surface area contributed by atoms with Crippen LogP contribution in [0.3, 0.4) is 0 Å². The lowest BCUT2D eigenvalue weighted by Crippen LogP contribution is -2.46. The van der Waals surface area contributed by atoms with Gasteiger partial charge in [0, 0.05) is 11.6 Å². The van der Waals surface area contributed by atoms with Crippen LogP contribution in [0.25, 0.3) is 0 Å². The summed E-state index contributed by atoms with van der Waals surface area (Å²) in [5.41, 5.74) is 0.666. The van der Waals surface area contributed by atoms with Crippen LogP contribution in [-0.4, -0.2) is 43.4 Å². The molecule has 2 aromatic carbocycles. The molecule has 0 fully saturated rings. The zero-order valence-electron chi connectivity index (χ0n) is 16.8. The van der Waals surface area contributed by atoms with Gasteiger partial charge >= 0.3 is 0 Å². The van der Waals surface area contributed by atoms with Crippen LogP contribution in [0.5, 0.6) is 11.5 Å². The minimum absolute atomic E-state index is 0.00960. The molecule has 0 aliphatic carbocycles. The lowest BCUT2D eigenvalue weighted by molar-refractivity contribution is -0.125. The van der Waals surface area contributed by atoms with E-state index in [0.717, 1.165) is 6.42 Å². The smallest absolute Gasteiger partial charge is 0.265 e. The van der Waals surface area contributed by atoms with E-state index in [9.17, 15) is 18.8 Å². The minimum atomic E-state index is -0.398. The Bertz CT molecular complexity index is 945. The largest absolute Gasteiger partial charge is 0.485 e. The van der Waals surface area contributed by atoms with Crippen molar-refractivity contribution in [3.63, 3.8) is 0 Å². The summed E-state index contributed by atoms with van der Waals surface area (Å²) < 4.78 is 23.8. The fraction of sp³-hybridized carbons (Fsp3) is 0.318. The summed E-state index contributed by atoms with van der Waals surface area (Å²) >= 11 is 0. The highest BCUT2D eigenvalue weighted by atomic mass is 19.1. The second-order valence-corrected chi connectivity index (χ2v) is 6.99. The predicted octanol–water partition coefficient (Wildman–Crippen LogP) is 2.73. The molecular weight excluding hydrogens is 391 g/mol. The Hall–Kier alpha value is -3.42. The summed E-state index contributed by atoms with van der Waals surface area (Å²) in [4.78, 5) is 38.5. The summed E-state index contributed by atoms with van der Waals surface area (Å²) in [5, 5.41) is 2.82. The maximum Gasteiger partial charge on any atom is 0.265 e. The number of hydrogen-bond donors (Lipinski definition) is 1.